The van der Waals surface area contributed by atoms with Gasteiger partial charge in [-0.05, 0) is 36.4 Å². The van der Waals surface area contributed by atoms with E-state index < -0.39 is 18.6 Å². The monoisotopic (exact) mass is 375 g/mol. The Labute approximate surface area is 152 Å². The average Bonchev–Trinajstić information content (AvgIpc) is 3.05. The number of hydrogen-bond acceptors (Lipinski definition) is 3. The third kappa shape index (κ3) is 4.58. The molecular formula is C19H13F4N3O. The highest BCUT2D eigenvalue weighted by Crippen LogP contribution is 2.29. The lowest BCUT2D eigenvalue weighted by molar-refractivity contribution is -0.153. The first-order valence-corrected chi connectivity index (χ1v) is 7.73. The van der Waals surface area contributed by atoms with Crippen LogP contribution in [0.2, 0.25) is 0 Å². The van der Waals surface area contributed by atoms with E-state index >= 15 is 0 Å². The summed E-state index contributed by atoms with van der Waals surface area (Å²) in [6, 6.07) is 15.6. The van der Waals surface area contributed by atoms with E-state index in [9.17, 15) is 17.6 Å². The minimum absolute atomic E-state index is 0.0585. The van der Waals surface area contributed by atoms with Crippen LogP contribution in [-0.4, -0.2) is 22.6 Å². The molecule has 0 spiro atoms. The van der Waals surface area contributed by atoms with E-state index in [1.807, 2.05) is 0 Å². The van der Waals surface area contributed by atoms with E-state index in [2.05, 4.69) is 16.5 Å². The van der Waals surface area contributed by atoms with Crippen LogP contribution < -0.4 is 10.1 Å². The van der Waals surface area contributed by atoms with E-state index in [4.69, 9.17) is 11.2 Å². The lowest BCUT2D eigenvalue weighted by atomic mass is 10.1. The van der Waals surface area contributed by atoms with Crippen LogP contribution in [0.25, 0.3) is 16.9 Å². The Bertz CT molecular complexity index is 972. The molecule has 0 saturated carbocycles. The lowest BCUT2D eigenvalue weighted by Gasteiger charge is -2.11. The van der Waals surface area contributed by atoms with Gasteiger partial charge in [-0.15, -0.1) is 5.10 Å². The molecule has 0 radical (unpaired) electrons. The van der Waals surface area contributed by atoms with Crippen molar-refractivity contribution >= 4 is 5.82 Å². The van der Waals surface area contributed by atoms with Gasteiger partial charge in [0.25, 0.3) is 0 Å². The average molecular weight is 375 g/mol. The molecule has 8 heteroatoms. The summed E-state index contributed by atoms with van der Waals surface area (Å²) in [6.45, 7) is -1.39. The SMILES string of the molecule is C#CNc1cc(-c2cccc(OCC(F)(F)F)c2)n(-c2ccc(F)cc2)n1. The Kier molecular flexibility index (Phi) is 5.03. The summed E-state index contributed by atoms with van der Waals surface area (Å²) in [7, 11) is 0. The molecule has 0 aliphatic rings. The van der Waals surface area contributed by atoms with Gasteiger partial charge in [0.15, 0.2) is 12.4 Å². The fraction of sp³-hybridized carbons (Fsp3) is 0.105. The lowest BCUT2D eigenvalue weighted by Crippen LogP contribution is -2.19. The molecule has 27 heavy (non-hydrogen) atoms. The number of nitrogens with one attached hydrogen (secondary N) is 1. The molecule has 1 heterocycles. The zero-order chi connectivity index (χ0) is 19.4. The number of rotatable bonds is 5. The molecule has 3 rings (SSSR count). The van der Waals surface area contributed by atoms with E-state index in [1.54, 1.807) is 18.2 Å². The van der Waals surface area contributed by atoms with Gasteiger partial charge in [-0.2, -0.15) is 13.2 Å². The van der Waals surface area contributed by atoms with Crippen molar-refractivity contribution in [1.82, 2.24) is 9.78 Å². The first-order valence-electron chi connectivity index (χ1n) is 7.73. The van der Waals surface area contributed by atoms with Crippen molar-refractivity contribution in [3.05, 3.63) is 60.4 Å². The first-order chi connectivity index (χ1) is 12.9. The van der Waals surface area contributed by atoms with Gasteiger partial charge in [-0.3, -0.25) is 5.32 Å². The van der Waals surface area contributed by atoms with Crippen LogP contribution in [0.3, 0.4) is 0 Å². The summed E-state index contributed by atoms with van der Waals surface area (Å²) in [5.41, 5.74) is 1.64. The number of ether oxygens (including phenoxy) is 1. The summed E-state index contributed by atoms with van der Waals surface area (Å²) in [6.07, 6.45) is 0.800. The predicted molar refractivity (Wildman–Crippen MR) is 93.0 cm³/mol. The number of benzene rings is 2. The van der Waals surface area contributed by atoms with E-state index in [0.29, 0.717) is 22.8 Å². The Morgan fingerprint density at radius 1 is 1.11 bits per heavy atom. The molecule has 2 aromatic carbocycles. The zero-order valence-corrected chi connectivity index (χ0v) is 13.8. The van der Waals surface area contributed by atoms with E-state index in [0.717, 1.165) is 0 Å². The second-order valence-corrected chi connectivity index (χ2v) is 5.50. The minimum atomic E-state index is -4.43. The maximum atomic E-state index is 13.2. The zero-order valence-electron chi connectivity index (χ0n) is 13.8. The summed E-state index contributed by atoms with van der Waals surface area (Å²) < 4.78 is 56.6. The van der Waals surface area contributed by atoms with Crippen molar-refractivity contribution in [2.75, 3.05) is 11.9 Å². The van der Waals surface area contributed by atoms with Crippen LogP contribution in [0.15, 0.2) is 54.6 Å². The van der Waals surface area contributed by atoms with Crippen molar-refractivity contribution < 1.29 is 22.3 Å². The molecule has 0 saturated heterocycles. The minimum Gasteiger partial charge on any atom is -0.484 e. The fourth-order valence-corrected chi connectivity index (χ4v) is 2.41. The molecule has 138 valence electrons. The largest absolute Gasteiger partial charge is 0.484 e. The second kappa shape index (κ2) is 7.41. The van der Waals surface area contributed by atoms with Gasteiger partial charge in [-0.1, -0.05) is 18.6 Å². The summed E-state index contributed by atoms with van der Waals surface area (Å²) >= 11 is 0. The summed E-state index contributed by atoms with van der Waals surface area (Å²) in [5, 5.41) is 6.93. The van der Waals surface area contributed by atoms with Gasteiger partial charge < -0.3 is 4.74 Å². The Hall–Kier alpha value is -3.47. The molecule has 0 aliphatic carbocycles. The molecule has 0 bridgehead atoms. The van der Waals surface area contributed by atoms with E-state index in [-0.39, 0.29) is 5.75 Å². The Balaban J connectivity index is 2.00. The third-order valence-corrected chi connectivity index (χ3v) is 3.51. The third-order valence-electron chi connectivity index (χ3n) is 3.51. The topological polar surface area (TPSA) is 39.1 Å². The summed E-state index contributed by atoms with van der Waals surface area (Å²) in [5.74, 6) is 0.0126. The number of alkyl halides is 3. The van der Waals surface area contributed by atoms with Crippen LogP contribution in [0, 0.1) is 18.3 Å². The van der Waals surface area contributed by atoms with Gasteiger partial charge in [0.2, 0.25) is 0 Å². The van der Waals surface area contributed by atoms with Crippen molar-refractivity contribution in [2.45, 2.75) is 6.18 Å². The molecule has 4 nitrogen and oxygen atoms in total. The number of anilines is 1. The maximum absolute atomic E-state index is 13.2. The number of nitrogens with zero attached hydrogens (tertiary/aromatic N) is 2. The molecule has 0 aliphatic heterocycles. The van der Waals surface area contributed by atoms with Crippen LogP contribution in [0.5, 0.6) is 5.75 Å². The highest BCUT2D eigenvalue weighted by molar-refractivity contribution is 5.68. The van der Waals surface area contributed by atoms with Crippen molar-refractivity contribution in [2.24, 2.45) is 0 Å². The van der Waals surface area contributed by atoms with Gasteiger partial charge in [-0.25, -0.2) is 9.07 Å². The number of aromatic nitrogens is 2. The molecule has 3 aromatic rings. The maximum Gasteiger partial charge on any atom is 0.422 e. The highest BCUT2D eigenvalue weighted by atomic mass is 19.4. The van der Waals surface area contributed by atoms with Gasteiger partial charge in [0.1, 0.15) is 11.6 Å². The van der Waals surface area contributed by atoms with Gasteiger partial charge >= 0.3 is 6.18 Å². The van der Waals surface area contributed by atoms with Crippen molar-refractivity contribution in [3.8, 4) is 35.2 Å². The molecule has 0 amide bonds. The standard InChI is InChI=1S/C19H13F4N3O/c1-2-24-18-11-17(26(25-18)15-8-6-14(20)7-9-15)13-4-3-5-16(10-13)27-12-19(21,22)23/h1,3-11H,12H2,(H,24,25). The van der Waals surface area contributed by atoms with Crippen molar-refractivity contribution in [1.29, 1.82) is 0 Å². The summed E-state index contributed by atoms with van der Waals surface area (Å²) in [4.78, 5) is 0. The van der Waals surface area contributed by atoms with Crippen LogP contribution in [-0.2, 0) is 0 Å². The molecule has 1 aromatic heterocycles. The Morgan fingerprint density at radius 3 is 2.52 bits per heavy atom. The normalized spacial score (nSPS) is 11.1. The number of terminal acetylenes is 1. The van der Waals surface area contributed by atoms with Crippen LogP contribution >= 0.6 is 0 Å². The molecule has 0 unspecified atom stereocenters. The number of hydrogen-bond donors (Lipinski definition) is 1. The van der Waals surface area contributed by atoms with Crippen LogP contribution in [0.4, 0.5) is 23.4 Å². The van der Waals surface area contributed by atoms with Crippen LogP contribution in [0.1, 0.15) is 0 Å². The number of halogens is 4. The first kappa shape index (κ1) is 18.3. The quantitative estimate of drug-likeness (QED) is 0.402. The highest BCUT2D eigenvalue weighted by Gasteiger charge is 2.28. The Morgan fingerprint density at radius 2 is 1.85 bits per heavy atom. The smallest absolute Gasteiger partial charge is 0.422 e. The van der Waals surface area contributed by atoms with E-state index in [1.165, 1.54) is 41.1 Å². The molecule has 0 atom stereocenters. The van der Waals surface area contributed by atoms with Crippen molar-refractivity contribution in [3.63, 3.8) is 0 Å². The van der Waals surface area contributed by atoms with Gasteiger partial charge in [0, 0.05) is 17.7 Å². The molecular weight excluding hydrogens is 362 g/mol. The van der Waals surface area contributed by atoms with Gasteiger partial charge in [0.05, 0.1) is 11.4 Å². The predicted octanol–water partition coefficient (Wildman–Crippen LogP) is 4.62. The molecule has 1 N–H and O–H groups in total. The second-order valence-electron chi connectivity index (χ2n) is 5.50. The fourth-order valence-electron chi connectivity index (χ4n) is 2.41. The molecule has 0 fully saturated rings.